The van der Waals surface area contributed by atoms with Crippen LogP contribution in [0.3, 0.4) is 0 Å². The van der Waals surface area contributed by atoms with Gasteiger partial charge in [0.25, 0.3) is 11.8 Å². The smallest absolute Gasteiger partial charge is 0.282 e. The number of ether oxygens (including phenoxy) is 1. The number of rotatable bonds is 5. The summed E-state index contributed by atoms with van der Waals surface area (Å²) in [6.45, 7) is 3.92. The molecule has 4 rings (SSSR count). The lowest BCUT2D eigenvalue weighted by molar-refractivity contribution is -0.120. The summed E-state index contributed by atoms with van der Waals surface area (Å²) in [4.78, 5) is 28.1. The Hall–Kier alpha value is -3.93. The summed E-state index contributed by atoms with van der Waals surface area (Å²) < 4.78 is 19.1. The number of carbonyl (C=O) groups is 2. The maximum Gasteiger partial charge on any atom is 0.282 e. The summed E-state index contributed by atoms with van der Waals surface area (Å²) in [6, 6.07) is 18.2. The zero-order valence-electron chi connectivity index (χ0n) is 17.4. The Balaban J connectivity index is 1.87. The van der Waals surface area contributed by atoms with E-state index in [2.05, 4.69) is 5.32 Å². The van der Waals surface area contributed by atoms with E-state index >= 15 is 0 Å². The fourth-order valence-electron chi connectivity index (χ4n) is 3.55. The van der Waals surface area contributed by atoms with Crippen molar-refractivity contribution in [3.63, 3.8) is 0 Å². The number of nitrogens with zero attached hydrogens (tertiary/aromatic N) is 1. The molecule has 0 bridgehead atoms. The van der Waals surface area contributed by atoms with Crippen LogP contribution in [0, 0.1) is 19.7 Å². The van der Waals surface area contributed by atoms with E-state index in [0.29, 0.717) is 22.7 Å². The molecule has 31 heavy (non-hydrogen) atoms. The van der Waals surface area contributed by atoms with Crippen LogP contribution in [-0.2, 0) is 9.59 Å². The maximum atomic E-state index is 13.7. The third-order valence-corrected chi connectivity index (χ3v) is 5.30. The molecule has 5 nitrogen and oxygen atoms in total. The van der Waals surface area contributed by atoms with E-state index in [1.54, 1.807) is 30.3 Å². The minimum absolute atomic E-state index is 0.0877. The molecule has 0 saturated heterocycles. The molecule has 0 spiro atoms. The van der Waals surface area contributed by atoms with Crippen LogP contribution >= 0.6 is 0 Å². The van der Waals surface area contributed by atoms with Gasteiger partial charge in [-0.1, -0.05) is 36.4 Å². The summed E-state index contributed by atoms with van der Waals surface area (Å²) in [6.07, 6.45) is 0. The highest BCUT2D eigenvalue weighted by Gasteiger charge is 2.41. The first kappa shape index (κ1) is 20.3. The SMILES string of the molecule is COc1ccccc1N1C(=O)C(Nc2cccc(F)c2)=C(c2ccc(C)c(C)c2)C1=O. The number of aryl methyl sites for hydroxylation is 2. The lowest BCUT2D eigenvalue weighted by Crippen LogP contribution is -2.32. The summed E-state index contributed by atoms with van der Waals surface area (Å²) in [5, 5.41) is 2.97. The third kappa shape index (κ3) is 3.68. The van der Waals surface area contributed by atoms with Gasteiger partial charge in [-0.05, 0) is 60.9 Å². The van der Waals surface area contributed by atoms with Crippen LogP contribution in [0.15, 0.2) is 72.4 Å². The van der Waals surface area contributed by atoms with E-state index in [-0.39, 0.29) is 11.3 Å². The van der Waals surface area contributed by atoms with Crippen molar-refractivity contribution in [3.05, 3.63) is 94.9 Å². The number of hydrogen-bond acceptors (Lipinski definition) is 4. The number of benzene rings is 3. The first-order valence-electron chi connectivity index (χ1n) is 9.77. The molecule has 1 heterocycles. The lowest BCUT2D eigenvalue weighted by atomic mass is 9.99. The predicted octanol–water partition coefficient (Wildman–Crippen LogP) is 4.85. The zero-order chi connectivity index (χ0) is 22.1. The van der Waals surface area contributed by atoms with E-state index in [1.807, 2.05) is 32.0 Å². The Morgan fingerprint density at radius 1 is 0.871 bits per heavy atom. The highest BCUT2D eigenvalue weighted by atomic mass is 19.1. The van der Waals surface area contributed by atoms with Crippen molar-refractivity contribution in [1.82, 2.24) is 0 Å². The minimum Gasteiger partial charge on any atom is -0.495 e. The number of amides is 2. The molecule has 3 aromatic carbocycles. The molecule has 1 aliphatic rings. The lowest BCUT2D eigenvalue weighted by Gasteiger charge is -2.18. The molecule has 156 valence electrons. The van der Waals surface area contributed by atoms with Crippen molar-refractivity contribution >= 4 is 28.8 Å². The van der Waals surface area contributed by atoms with Crippen molar-refractivity contribution in [2.75, 3.05) is 17.3 Å². The molecule has 1 N–H and O–H groups in total. The second-order valence-corrected chi connectivity index (χ2v) is 7.30. The first-order chi connectivity index (χ1) is 14.9. The van der Waals surface area contributed by atoms with E-state index in [4.69, 9.17) is 4.74 Å². The van der Waals surface area contributed by atoms with Crippen molar-refractivity contribution in [2.24, 2.45) is 0 Å². The van der Waals surface area contributed by atoms with Gasteiger partial charge < -0.3 is 10.1 Å². The van der Waals surface area contributed by atoms with Crippen LogP contribution in [0.5, 0.6) is 5.75 Å². The Morgan fingerprint density at radius 2 is 1.65 bits per heavy atom. The number of carbonyl (C=O) groups excluding carboxylic acids is 2. The zero-order valence-corrected chi connectivity index (χ0v) is 17.4. The molecule has 0 fully saturated rings. The third-order valence-electron chi connectivity index (χ3n) is 5.30. The fraction of sp³-hybridized carbons (Fsp3) is 0.120. The molecular formula is C25H21FN2O3. The van der Waals surface area contributed by atoms with Crippen LogP contribution in [0.2, 0.25) is 0 Å². The summed E-state index contributed by atoms with van der Waals surface area (Å²) in [5.74, 6) is -1.06. The van der Waals surface area contributed by atoms with Gasteiger partial charge in [-0.2, -0.15) is 0 Å². The molecule has 0 unspecified atom stereocenters. The van der Waals surface area contributed by atoms with Crippen LogP contribution in [0.25, 0.3) is 5.57 Å². The van der Waals surface area contributed by atoms with Gasteiger partial charge in [0.05, 0.1) is 18.4 Å². The van der Waals surface area contributed by atoms with Crippen LogP contribution in [0.1, 0.15) is 16.7 Å². The van der Waals surface area contributed by atoms with Crippen molar-refractivity contribution in [2.45, 2.75) is 13.8 Å². The molecule has 3 aromatic rings. The number of halogens is 1. The van der Waals surface area contributed by atoms with Gasteiger partial charge in [0.15, 0.2) is 0 Å². The topological polar surface area (TPSA) is 58.6 Å². The van der Waals surface area contributed by atoms with E-state index < -0.39 is 17.6 Å². The number of para-hydroxylation sites is 2. The van der Waals surface area contributed by atoms with Crippen LogP contribution in [-0.4, -0.2) is 18.9 Å². The second-order valence-electron chi connectivity index (χ2n) is 7.30. The number of hydrogen-bond donors (Lipinski definition) is 1. The van der Waals surface area contributed by atoms with Gasteiger partial charge in [-0.25, -0.2) is 9.29 Å². The first-order valence-corrected chi connectivity index (χ1v) is 9.77. The standard InChI is InChI=1S/C25H21FN2O3/c1-15-11-12-17(13-16(15)2)22-23(27-19-8-6-7-18(26)14-19)25(30)28(24(22)29)20-9-4-5-10-21(20)31-3/h4-14,27H,1-3H3. The normalized spacial score (nSPS) is 13.7. The van der Waals surface area contributed by atoms with Gasteiger partial charge in [0.1, 0.15) is 17.3 Å². The average Bonchev–Trinajstić information content (AvgIpc) is 2.99. The monoisotopic (exact) mass is 416 g/mol. The van der Waals surface area contributed by atoms with Gasteiger partial charge in [-0.3, -0.25) is 9.59 Å². The molecule has 0 radical (unpaired) electrons. The second kappa shape index (κ2) is 8.07. The minimum atomic E-state index is -0.535. The highest BCUT2D eigenvalue weighted by Crippen LogP contribution is 2.38. The molecule has 0 saturated carbocycles. The van der Waals surface area contributed by atoms with E-state index in [0.717, 1.165) is 16.0 Å². The molecule has 1 aliphatic heterocycles. The number of imide groups is 1. The molecule has 0 atom stereocenters. The van der Waals surface area contributed by atoms with Gasteiger partial charge in [0, 0.05) is 5.69 Å². The van der Waals surface area contributed by atoms with Gasteiger partial charge in [0.2, 0.25) is 0 Å². The Morgan fingerprint density at radius 3 is 2.35 bits per heavy atom. The number of methoxy groups -OCH3 is 1. The quantitative estimate of drug-likeness (QED) is 0.604. The highest BCUT2D eigenvalue weighted by molar-refractivity contribution is 6.46. The van der Waals surface area contributed by atoms with Gasteiger partial charge in [-0.15, -0.1) is 0 Å². The summed E-state index contributed by atoms with van der Waals surface area (Å²) in [5.41, 5.74) is 3.70. The van der Waals surface area contributed by atoms with E-state index in [9.17, 15) is 14.0 Å². The largest absolute Gasteiger partial charge is 0.495 e. The Kier molecular flexibility index (Phi) is 5.29. The van der Waals surface area contributed by atoms with Crippen molar-refractivity contribution in [1.29, 1.82) is 0 Å². The van der Waals surface area contributed by atoms with E-state index in [1.165, 1.54) is 25.3 Å². The molecule has 0 aliphatic carbocycles. The molecule has 2 amide bonds. The average molecular weight is 416 g/mol. The molecular weight excluding hydrogens is 395 g/mol. The fourth-order valence-corrected chi connectivity index (χ4v) is 3.55. The predicted molar refractivity (Wildman–Crippen MR) is 118 cm³/mol. The van der Waals surface area contributed by atoms with Crippen molar-refractivity contribution in [3.8, 4) is 5.75 Å². The Labute approximate surface area is 179 Å². The summed E-state index contributed by atoms with van der Waals surface area (Å²) in [7, 11) is 1.48. The van der Waals surface area contributed by atoms with Crippen LogP contribution < -0.4 is 15.0 Å². The number of nitrogens with one attached hydrogen (secondary N) is 1. The number of anilines is 2. The van der Waals surface area contributed by atoms with Gasteiger partial charge >= 0.3 is 0 Å². The van der Waals surface area contributed by atoms with Crippen molar-refractivity contribution < 1.29 is 18.7 Å². The summed E-state index contributed by atoms with van der Waals surface area (Å²) >= 11 is 0. The molecule has 6 heteroatoms. The maximum absolute atomic E-state index is 13.7. The molecule has 0 aromatic heterocycles. The Bertz CT molecular complexity index is 1230. The van der Waals surface area contributed by atoms with Crippen LogP contribution in [0.4, 0.5) is 15.8 Å².